The van der Waals surface area contributed by atoms with Crippen molar-refractivity contribution in [3.8, 4) is 5.75 Å². The maximum atomic E-state index is 13.2. The molecule has 0 fully saturated rings. The summed E-state index contributed by atoms with van der Waals surface area (Å²) >= 11 is 0. The van der Waals surface area contributed by atoms with E-state index in [1.54, 1.807) is 0 Å². The van der Waals surface area contributed by atoms with Crippen LogP contribution >= 0.6 is 0 Å². The summed E-state index contributed by atoms with van der Waals surface area (Å²) in [6, 6.07) is 2.72. The zero-order valence-electron chi connectivity index (χ0n) is 13.2. The molecule has 0 N–H and O–H groups in total. The molecule has 1 aromatic carbocycles. The molecule has 0 saturated carbocycles. The average Bonchev–Trinajstić information content (AvgIpc) is 2.52. The number of hydrogen-bond donors (Lipinski definition) is 0. The Morgan fingerprint density at radius 2 is 1.78 bits per heavy atom. The van der Waals surface area contributed by atoms with Crippen molar-refractivity contribution >= 4 is 27.0 Å². The summed E-state index contributed by atoms with van der Waals surface area (Å²) in [5, 5.41) is -0.689. The molecule has 6 nitrogen and oxygen atoms in total. The smallest absolute Gasteiger partial charge is 0.461 e. The second-order valence-corrected chi connectivity index (χ2v) is 6.45. The summed E-state index contributed by atoms with van der Waals surface area (Å²) in [5.74, 6) is -2.42. The van der Waals surface area contributed by atoms with Crippen LogP contribution in [0.4, 0.5) is 26.3 Å². The Morgan fingerprint density at radius 1 is 1.15 bits per heavy atom. The number of rotatable bonds is 4. The first kappa shape index (κ1) is 20.7. The molecule has 0 radical (unpaired) electrons. The van der Waals surface area contributed by atoms with Crippen molar-refractivity contribution in [1.82, 2.24) is 4.98 Å². The number of aromatic nitrogens is 1. The van der Waals surface area contributed by atoms with Gasteiger partial charge in [-0.25, -0.2) is 9.78 Å². The Hall–Kier alpha value is -2.57. The third-order valence-electron chi connectivity index (χ3n) is 3.07. The van der Waals surface area contributed by atoms with E-state index in [1.165, 1.54) is 6.92 Å². The number of halogens is 6. The Labute approximate surface area is 147 Å². The molecule has 1 aromatic heterocycles. The van der Waals surface area contributed by atoms with Crippen LogP contribution in [0.25, 0.3) is 10.9 Å². The van der Waals surface area contributed by atoms with Gasteiger partial charge in [-0.3, -0.25) is 0 Å². The molecule has 1 heterocycles. The van der Waals surface area contributed by atoms with Gasteiger partial charge >= 0.3 is 27.8 Å². The van der Waals surface area contributed by atoms with Gasteiger partial charge in [0.05, 0.1) is 17.7 Å². The van der Waals surface area contributed by atoms with Crippen LogP contribution in [0, 0.1) is 0 Å². The van der Waals surface area contributed by atoms with Crippen molar-refractivity contribution in [2.75, 3.05) is 6.61 Å². The molecule has 0 atom stereocenters. The molecule has 0 unspecified atom stereocenters. The summed E-state index contributed by atoms with van der Waals surface area (Å²) < 4.78 is 108. The van der Waals surface area contributed by atoms with Crippen LogP contribution in [0.15, 0.2) is 24.3 Å². The number of fused-ring (bicyclic) bond motifs is 1. The predicted molar refractivity (Wildman–Crippen MR) is 78.3 cm³/mol. The normalized spacial score (nSPS) is 12.9. The van der Waals surface area contributed by atoms with Gasteiger partial charge < -0.3 is 8.92 Å². The van der Waals surface area contributed by atoms with E-state index in [-0.39, 0.29) is 6.61 Å². The van der Waals surface area contributed by atoms with Crippen molar-refractivity contribution in [2.45, 2.75) is 18.6 Å². The summed E-state index contributed by atoms with van der Waals surface area (Å²) in [6.45, 7) is 1.15. The minimum absolute atomic E-state index is 0.212. The molecular formula is C14H9F6NO5S. The number of nitrogens with zero attached hydrogens (tertiary/aromatic N) is 1. The van der Waals surface area contributed by atoms with Crippen LogP contribution in [0.3, 0.4) is 0 Å². The van der Waals surface area contributed by atoms with E-state index in [0.717, 1.165) is 12.1 Å². The largest absolute Gasteiger partial charge is 0.534 e. The number of pyridine rings is 1. The molecule has 0 bridgehead atoms. The van der Waals surface area contributed by atoms with Gasteiger partial charge in [0.2, 0.25) is 0 Å². The second kappa shape index (κ2) is 6.87. The lowest BCUT2D eigenvalue weighted by Crippen LogP contribution is -2.28. The van der Waals surface area contributed by atoms with E-state index >= 15 is 0 Å². The molecule has 0 aliphatic rings. The van der Waals surface area contributed by atoms with Crippen molar-refractivity contribution in [3.05, 3.63) is 35.5 Å². The third-order valence-corrected chi connectivity index (χ3v) is 4.04. The molecule has 13 heteroatoms. The van der Waals surface area contributed by atoms with Gasteiger partial charge in [-0.05, 0) is 19.1 Å². The van der Waals surface area contributed by atoms with Crippen LogP contribution < -0.4 is 4.18 Å². The van der Waals surface area contributed by atoms with Crippen molar-refractivity contribution in [1.29, 1.82) is 0 Å². The molecule has 0 saturated heterocycles. The van der Waals surface area contributed by atoms with Crippen molar-refractivity contribution in [2.24, 2.45) is 0 Å². The fourth-order valence-corrected chi connectivity index (χ4v) is 2.46. The molecule has 148 valence electrons. The first-order valence-corrected chi connectivity index (χ1v) is 8.37. The molecule has 0 spiro atoms. The molecule has 0 aliphatic carbocycles. The van der Waals surface area contributed by atoms with Crippen molar-refractivity contribution < 1.29 is 48.5 Å². The van der Waals surface area contributed by atoms with Crippen molar-refractivity contribution in [3.63, 3.8) is 0 Å². The van der Waals surface area contributed by atoms with Crippen LogP contribution in [0.1, 0.15) is 23.0 Å². The first-order valence-electron chi connectivity index (χ1n) is 6.96. The molecule has 2 aromatic rings. The van der Waals surface area contributed by atoms with Gasteiger partial charge in [-0.1, -0.05) is 6.07 Å². The highest BCUT2D eigenvalue weighted by Gasteiger charge is 2.49. The molecular weight excluding hydrogens is 408 g/mol. The number of para-hydroxylation sites is 1. The van der Waals surface area contributed by atoms with E-state index in [1.807, 2.05) is 0 Å². The van der Waals surface area contributed by atoms with Crippen LogP contribution in [0.2, 0.25) is 0 Å². The Morgan fingerprint density at radius 3 is 2.30 bits per heavy atom. The van der Waals surface area contributed by atoms with E-state index in [4.69, 9.17) is 0 Å². The lowest BCUT2D eigenvalue weighted by Gasteiger charge is -2.15. The Bertz CT molecular complexity index is 984. The Balaban J connectivity index is 2.80. The second-order valence-electron chi connectivity index (χ2n) is 4.91. The zero-order chi connectivity index (χ0) is 20.6. The van der Waals surface area contributed by atoms with Crippen LogP contribution in [-0.4, -0.2) is 31.5 Å². The maximum absolute atomic E-state index is 13.2. The van der Waals surface area contributed by atoms with Crippen LogP contribution in [0.5, 0.6) is 5.75 Å². The monoisotopic (exact) mass is 417 g/mol. The number of alkyl halides is 6. The van der Waals surface area contributed by atoms with Crippen LogP contribution in [-0.2, 0) is 21.0 Å². The number of esters is 1. The van der Waals surface area contributed by atoms with Gasteiger partial charge in [0, 0.05) is 11.5 Å². The van der Waals surface area contributed by atoms with E-state index in [0.29, 0.717) is 12.1 Å². The summed E-state index contributed by atoms with van der Waals surface area (Å²) in [4.78, 5) is 15.2. The highest BCUT2D eigenvalue weighted by molar-refractivity contribution is 7.88. The lowest BCUT2D eigenvalue weighted by atomic mass is 10.1. The van der Waals surface area contributed by atoms with E-state index < -0.39 is 55.7 Å². The number of carbonyl (C=O) groups excluding carboxylic acids is 1. The Kier molecular flexibility index (Phi) is 5.27. The topological polar surface area (TPSA) is 82.6 Å². The molecule has 27 heavy (non-hydrogen) atoms. The minimum atomic E-state index is -6.21. The highest BCUT2D eigenvalue weighted by atomic mass is 32.2. The van der Waals surface area contributed by atoms with E-state index in [2.05, 4.69) is 13.9 Å². The molecule has 0 amide bonds. The van der Waals surface area contributed by atoms with Gasteiger partial charge in [-0.2, -0.15) is 34.8 Å². The van der Waals surface area contributed by atoms with E-state index in [9.17, 15) is 39.6 Å². The first-order chi connectivity index (χ1) is 12.3. The highest BCUT2D eigenvalue weighted by Crippen LogP contribution is 2.38. The number of benzene rings is 1. The predicted octanol–water partition coefficient (Wildman–Crippen LogP) is 3.66. The molecule has 2 rings (SSSR count). The van der Waals surface area contributed by atoms with Gasteiger partial charge in [0.1, 0.15) is 0 Å². The quantitative estimate of drug-likeness (QED) is 0.327. The molecule has 0 aliphatic heterocycles. The van der Waals surface area contributed by atoms with Gasteiger partial charge in [0.25, 0.3) is 0 Å². The third kappa shape index (κ3) is 4.23. The lowest BCUT2D eigenvalue weighted by molar-refractivity contribution is -0.136. The standard InChI is InChI=1S/C14H9F6NO5S/c1-2-25-12(22)9-6-10(26-27(23,24)14(18,19)20)7-4-3-5-8(11(7)21-9)13(15,16)17/h3-6H,2H2,1H3. The van der Waals surface area contributed by atoms with Gasteiger partial charge in [0.15, 0.2) is 11.4 Å². The number of ether oxygens (including phenoxy) is 1. The fourth-order valence-electron chi connectivity index (χ4n) is 1.99. The summed E-state index contributed by atoms with van der Waals surface area (Å²) in [6.07, 6.45) is -4.99. The maximum Gasteiger partial charge on any atom is 0.534 e. The summed E-state index contributed by atoms with van der Waals surface area (Å²) in [5.41, 5.74) is -9.06. The summed E-state index contributed by atoms with van der Waals surface area (Å²) in [7, 11) is -6.21. The average molecular weight is 417 g/mol. The zero-order valence-corrected chi connectivity index (χ0v) is 14.0. The minimum Gasteiger partial charge on any atom is -0.461 e. The number of hydrogen-bond acceptors (Lipinski definition) is 6. The number of carbonyl (C=O) groups is 1. The fraction of sp³-hybridized carbons (Fsp3) is 0.286. The van der Waals surface area contributed by atoms with Gasteiger partial charge in [-0.15, -0.1) is 0 Å². The SMILES string of the molecule is CCOC(=O)c1cc(OS(=O)(=O)C(F)(F)F)c2cccc(C(F)(F)F)c2n1.